The number of carbonyl (C=O) groups is 2. The van der Waals surface area contributed by atoms with Gasteiger partial charge in [-0.2, -0.15) is 17.6 Å². The average Bonchev–Trinajstić information content (AvgIpc) is 2.25. The number of carbonyl (C=O) groups excluding carboxylic acids is 2. The van der Waals surface area contributed by atoms with E-state index in [2.05, 4.69) is 5.32 Å². The van der Waals surface area contributed by atoms with Gasteiger partial charge in [-0.25, -0.2) is 0 Å². The molecule has 0 aromatic heterocycles. The molecule has 0 saturated heterocycles. The first-order chi connectivity index (χ1) is 8.56. The van der Waals surface area contributed by atoms with Crippen molar-refractivity contribution in [2.45, 2.75) is 58.0 Å². The van der Waals surface area contributed by atoms with Crippen LogP contribution in [0.25, 0.3) is 0 Å². The van der Waals surface area contributed by atoms with Crippen LogP contribution in [0.5, 0.6) is 0 Å². The van der Waals surface area contributed by atoms with E-state index in [-0.39, 0.29) is 6.42 Å². The van der Waals surface area contributed by atoms with Crippen molar-refractivity contribution in [2.75, 3.05) is 0 Å². The van der Waals surface area contributed by atoms with E-state index >= 15 is 0 Å². The molecule has 2 amide bonds. The molecule has 0 aromatic rings. The molecule has 0 heterocycles. The highest BCUT2D eigenvalue weighted by molar-refractivity contribution is 5.83. The Hall–Kier alpha value is -1.34. The molecule has 4 nitrogen and oxygen atoms in total. The molecule has 0 fully saturated rings. The van der Waals surface area contributed by atoms with Crippen molar-refractivity contribution in [1.82, 2.24) is 10.6 Å². The highest BCUT2D eigenvalue weighted by Gasteiger charge is 2.38. The second kappa shape index (κ2) is 7.30. The zero-order chi connectivity index (χ0) is 15.2. The maximum atomic E-state index is 13.4. The number of amides is 2. The van der Waals surface area contributed by atoms with Gasteiger partial charge in [0.15, 0.2) is 0 Å². The maximum Gasteiger partial charge on any atom is 0.324 e. The lowest BCUT2D eigenvalue weighted by atomic mass is 10.1. The maximum absolute atomic E-state index is 13.4. The smallest absolute Gasteiger partial charge is 0.324 e. The fourth-order valence-electron chi connectivity index (χ4n) is 1.26. The van der Waals surface area contributed by atoms with Crippen molar-refractivity contribution in [2.24, 2.45) is 0 Å². The van der Waals surface area contributed by atoms with E-state index in [9.17, 15) is 27.2 Å². The first-order valence-corrected chi connectivity index (χ1v) is 5.83. The summed E-state index contributed by atoms with van der Waals surface area (Å²) in [5.41, 5.74) is 0. The van der Waals surface area contributed by atoms with Crippen LogP contribution in [0.3, 0.4) is 0 Å². The van der Waals surface area contributed by atoms with E-state index < -0.39 is 42.7 Å². The SMILES string of the molecule is CC(C)NC(=O)C(F)(F)CCC(C)NC(=O)C(F)F. The van der Waals surface area contributed by atoms with Gasteiger partial charge in [-0.1, -0.05) is 0 Å². The molecule has 0 radical (unpaired) electrons. The molecule has 0 aliphatic heterocycles. The van der Waals surface area contributed by atoms with Crippen molar-refractivity contribution in [3.63, 3.8) is 0 Å². The summed E-state index contributed by atoms with van der Waals surface area (Å²) in [5.74, 6) is -6.51. The molecule has 0 rings (SSSR count). The molecular weight excluding hydrogens is 268 g/mol. The van der Waals surface area contributed by atoms with E-state index in [1.807, 2.05) is 5.32 Å². The van der Waals surface area contributed by atoms with Crippen LogP contribution in [0.4, 0.5) is 17.6 Å². The van der Waals surface area contributed by atoms with Crippen LogP contribution in [0, 0.1) is 0 Å². The van der Waals surface area contributed by atoms with Crippen molar-refractivity contribution in [3.05, 3.63) is 0 Å². The van der Waals surface area contributed by atoms with Crippen LogP contribution < -0.4 is 10.6 Å². The quantitative estimate of drug-likeness (QED) is 0.700. The van der Waals surface area contributed by atoms with E-state index in [1.165, 1.54) is 6.92 Å². The molecule has 19 heavy (non-hydrogen) atoms. The van der Waals surface area contributed by atoms with Crippen LogP contribution in [-0.2, 0) is 9.59 Å². The second-order valence-corrected chi connectivity index (χ2v) is 4.58. The van der Waals surface area contributed by atoms with Gasteiger partial charge >= 0.3 is 12.3 Å². The molecule has 0 aliphatic rings. The molecule has 112 valence electrons. The van der Waals surface area contributed by atoms with Crippen molar-refractivity contribution in [1.29, 1.82) is 0 Å². The minimum atomic E-state index is -3.59. The van der Waals surface area contributed by atoms with Crippen LogP contribution in [0.15, 0.2) is 0 Å². The highest BCUT2D eigenvalue weighted by Crippen LogP contribution is 2.21. The van der Waals surface area contributed by atoms with Gasteiger partial charge in [-0.3, -0.25) is 9.59 Å². The Morgan fingerprint density at radius 3 is 2.05 bits per heavy atom. The third-order valence-corrected chi connectivity index (χ3v) is 2.23. The van der Waals surface area contributed by atoms with Crippen LogP contribution in [0.1, 0.15) is 33.6 Å². The van der Waals surface area contributed by atoms with Crippen molar-refractivity contribution < 1.29 is 27.2 Å². The fraction of sp³-hybridized carbons (Fsp3) is 0.818. The number of hydrogen-bond donors (Lipinski definition) is 2. The average molecular weight is 286 g/mol. The lowest BCUT2D eigenvalue weighted by Gasteiger charge is -2.20. The van der Waals surface area contributed by atoms with Crippen LogP contribution >= 0.6 is 0 Å². The summed E-state index contributed by atoms with van der Waals surface area (Å²) in [6.45, 7) is 4.40. The standard InChI is InChI=1S/C11H18F4N2O2/c1-6(2)16-10(19)11(14,15)5-4-7(3)17-9(18)8(12)13/h6-8H,4-5H2,1-3H3,(H,16,19)(H,17,18). The summed E-state index contributed by atoms with van der Waals surface area (Å²) in [4.78, 5) is 21.8. The van der Waals surface area contributed by atoms with E-state index in [0.29, 0.717) is 0 Å². The Bertz CT molecular complexity index is 322. The van der Waals surface area contributed by atoms with Crippen LogP contribution in [-0.4, -0.2) is 36.2 Å². The zero-order valence-corrected chi connectivity index (χ0v) is 11.0. The third-order valence-electron chi connectivity index (χ3n) is 2.23. The van der Waals surface area contributed by atoms with Gasteiger partial charge in [0.1, 0.15) is 0 Å². The predicted octanol–water partition coefficient (Wildman–Crippen LogP) is 1.70. The number of rotatable bonds is 7. The van der Waals surface area contributed by atoms with Gasteiger partial charge < -0.3 is 10.6 Å². The third kappa shape index (κ3) is 6.97. The Labute approximate surface area is 108 Å². The fourth-order valence-corrected chi connectivity index (χ4v) is 1.26. The van der Waals surface area contributed by atoms with Crippen molar-refractivity contribution >= 4 is 11.8 Å². The topological polar surface area (TPSA) is 58.2 Å². The summed E-state index contributed by atoms with van der Waals surface area (Å²) in [5, 5.41) is 3.95. The Morgan fingerprint density at radius 2 is 1.63 bits per heavy atom. The number of alkyl halides is 4. The lowest BCUT2D eigenvalue weighted by molar-refractivity contribution is -0.147. The Kier molecular flexibility index (Phi) is 6.78. The summed E-state index contributed by atoms with van der Waals surface area (Å²) in [6.07, 6.45) is -4.29. The lowest BCUT2D eigenvalue weighted by Crippen LogP contribution is -2.44. The molecule has 0 bridgehead atoms. The summed E-state index contributed by atoms with van der Waals surface area (Å²) in [6, 6.07) is -1.28. The Balaban J connectivity index is 4.23. The molecule has 0 spiro atoms. The monoisotopic (exact) mass is 286 g/mol. The Morgan fingerprint density at radius 1 is 1.11 bits per heavy atom. The molecule has 0 aromatic carbocycles. The first kappa shape index (κ1) is 17.7. The molecule has 8 heteroatoms. The van der Waals surface area contributed by atoms with E-state index in [0.717, 1.165) is 0 Å². The van der Waals surface area contributed by atoms with Gasteiger partial charge in [-0.05, 0) is 27.2 Å². The van der Waals surface area contributed by atoms with Gasteiger partial charge in [0.05, 0.1) is 0 Å². The van der Waals surface area contributed by atoms with E-state index in [4.69, 9.17) is 0 Å². The first-order valence-electron chi connectivity index (χ1n) is 5.83. The van der Waals surface area contributed by atoms with Gasteiger partial charge in [-0.15, -0.1) is 0 Å². The normalized spacial score (nSPS) is 13.5. The minimum Gasteiger partial charge on any atom is -0.349 e. The van der Waals surface area contributed by atoms with Gasteiger partial charge in [0.2, 0.25) is 0 Å². The largest absolute Gasteiger partial charge is 0.349 e. The highest BCUT2D eigenvalue weighted by atomic mass is 19.3. The number of nitrogens with one attached hydrogen (secondary N) is 2. The molecular formula is C11H18F4N2O2. The van der Waals surface area contributed by atoms with Gasteiger partial charge in [0, 0.05) is 18.5 Å². The van der Waals surface area contributed by atoms with Gasteiger partial charge in [0.25, 0.3) is 11.8 Å². The van der Waals surface area contributed by atoms with Crippen molar-refractivity contribution in [3.8, 4) is 0 Å². The summed E-state index contributed by atoms with van der Waals surface area (Å²) >= 11 is 0. The van der Waals surface area contributed by atoms with Crippen LogP contribution in [0.2, 0.25) is 0 Å². The molecule has 1 atom stereocenters. The number of halogens is 4. The second-order valence-electron chi connectivity index (χ2n) is 4.58. The molecule has 0 saturated carbocycles. The predicted molar refractivity (Wildman–Crippen MR) is 61.1 cm³/mol. The number of hydrogen-bond acceptors (Lipinski definition) is 2. The zero-order valence-electron chi connectivity index (χ0n) is 11.0. The summed E-state index contributed by atoms with van der Waals surface area (Å²) in [7, 11) is 0. The van der Waals surface area contributed by atoms with E-state index in [1.54, 1.807) is 13.8 Å². The minimum absolute atomic E-state index is 0.281. The molecule has 2 N–H and O–H groups in total. The molecule has 0 aliphatic carbocycles. The summed E-state index contributed by atoms with van der Waals surface area (Å²) < 4.78 is 50.5. The molecule has 1 unspecified atom stereocenters.